The first kappa shape index (κ1) is 7.28. The third-order valence-electron chi connectivity index (χ3n) is 2.00. The summed E-state index contributed by atoms with van der Waals surface area (Å²) in [6.07, 6.45) is 2.82. The molecule has 0 saturated carbocycles. The van der Waals surface area contributed by atoms with Gasteiger partial charge in [-0.3, -0.25) is 0 Å². The second-order valence-electron chi connectivity index (χ2n) is 3.44. The van der Waals surface area contributed by atoms with Gasteiger partial charge in [-0.1, -0.05) is 12.2 Å². The van der Waals surface area contributed by atoms with Gasteiger partial charge < -0.3 is 14.6 Å². The number of rotatable bonds is 0. The molecule has 0 aromatic heterocycles. The van der Waals surface area contributed by atoms with Gasteiger partial charge in [0.2, 0.25) is 0 Å². The van der Waals surface area contributed by atoms with Crippen LogP contribution < -0.4 is 0 Å². The molecule has 2 rings (SSSR count). The smallest absolute Gasteiger partial charge is 0.164 e. The summed E-state index contributed by atoms with van der Waals surface area (Å²) in [5, 5.41) is 9.34. The molecule has 1 N–H and O–H groups in total. The van der Waals surface area contributed by atoms with E-state index in [0.717, 1.165) is 0 Å². The molecule has 3 heteroatoms. The first-order chi connectivity index (χ1) is 5.08. The number of aliphatic hydroxyl groups is 1. The van der Waals surface area contributed by atoms with Crippen LogP contribution in [0.15, 0.2) is 12.2 Å². The van der Waals surface area contributed by atoms with Crippen molar-refractivity contribution >= 4 is 0 Å². The number of hydrogen-bond donors (Lipinski definition) is 1. The van der Waals surface area contributed by atoms with E-state index in [1.165, 1.54) is 0 Å². The monoisotopic (exact) mass is 156 g/mol. The summed E-state index contributed by atoms with van der Waals surface area (Å²) in [6.45, 7) is 3.71. The molecule has 3 nitrogen and oxygen atoms in total. The molecule has 1 saturated heterocycles. The molecule has 3 atom stereocenters. The molecular weight excluding hydrogens is 144 g/mol. The summed E-state index contributed by atoms with van der Waals surface area (Å²) in [5.74, 6) is -0.541. The zero-order chi connectivity index (χ0) is 8.06. The first-order valence-electron chi connectivity index (χ1n) is 3.80. The second-order valence-corrected chi connectivity index (χ2v) is 3.44. The van der Waals surface area contributed by atoms with Crippen LogP contribution in [0.3, 0.4) is 0 Å². The minimum Gasteiger partial charge on any atom is -0.386 e. The molecule has 0 aromatic carbocycles. The predicted molar refractivity (Wildman–Crippen MR) is 39.0 cm³/mol. The minimum atomic E-state index is -0.541. The quantitative estimate of drug-likeness (QED) is 0.517. The van der Waals surface area contributed by atoms with Gasteiger partial charge in [-0.05, 0) is 13.8 Å². The standard InChI is InChI=1S/C8H12O3/c1-8(2)10-6-4-3-5(9)7(6)11-8/h3-7,9H,1-2H3/t5?,6-,7?/m0/s1. The third-order valence-corrected chi connectivity index (χ3v) is 2.00. The molecule has 11 heavy (non-hydrogen) atoms. The lowest BCUT2D eigenvalue weighted by atomic mass is 10.2. The van der Waals surface area contributed by atoms with Gasteiger partial charge in [0.05, 0.1) is 0 Å². The fraction of sp³-hybridized carbons (Fsp3) is 0.750. The molecule has 0 amide bonds. The number of hydrogen-bond acceptors (Lipinski definition) is 3. The molecule has 0 spiro atoms. The Balaban J connectivity index is 2.15. The summed E-state index contributed by atoms with van der Waals surface area (Å²) in [6, 6.07) is 0. The Labute approximate surface area is 65.6 Å². The average molecular weight is 156 g/mol. The van der Waals surface area contributed by atoms with Crippen molar-refractivity contribution in [3.05, 3.63) is 12.2 Å². The van der Waals surface area contributed by atoms with Crippen molar-refractivity contribution in [3.63, 3.8) is 0 Å². The lowest BCUT2D eigenvalue weighted by molar-refractivity contribution is -0.152. The van der Waals surface area contributed by atoms with Crippen LogP contribution in [-0.4, -0.2) is 29.2 Å². The predicted octanol–water partition coefficient (Wildman–Crippen LogP) is 0.437. The van der Waals surface area contributed by atoms with Crippen LogP contribution >= 0.6 is 0 Å². The van der Waals surface area contributed by atoms with Crippen LogP contribution in [0.25, 0.3) is 0 Å². The Morgan fingerprint density at radius 2 is 2.00 bits per heavy atom. The average Bonchev–Trinajstić information content (AvgIpc) is 2.31. The SMILES string of the molecule is CC1(C)OC2C(O)C=C[C@@H]2O1. The summed E-state index contributed by atoms with van der Waals surface area (Å²) < 4.78 is 10.9. The molecule has 1 aliphatic carbocycles. The summed E-state index contributed by atoms with van der Waals surface area (Å²) in [5.41, 5.74) is 0. The van der Waals surface area contributed by atoms with Crippen molar-refractivity contribution < 1.29 is 14.6 Å². The van der Waals surface area contributed by atoms with Crippen LogP contribution in [-0.2, 0) is 9.47 Å². The highest BCUT2D eigenvalue weighted by Crippen LogP contribution is 2.34. The van der Waals surface area contributed by atoms with Crippen molar-refractivity contribution in [1.29, 1.82) is 0 Å². The van der Waals surface area contributed by atoms with Gasteiger partial charge in [0, 0.05) is 0 Å². The van der Waals surface area contributed by atoms with Crippen LogP contribution in [0.2, 0.25) is 0 Å². The highest BCUT2D eigenvalue weighted by atomic mass is 16.8. The van der Waals surface area contributed by atoms with Crippen LogP contribution in [0.1, 0.15) is 13.8 Å². The Morgan fingerprint density at radius 1 is 1.27 bits per heavy atom. The van der Waals surface area contributed by atoms with E-state index in [1.54, 1.807) is 6.08 Å². The van der Waals surface area contributed by atoms with E-state index in [0.29, 0.717) is 0 Å². The van der Waals surface area contributed by atoms with Gasteiger partial charge in [0.1, 0.15) is 18.3 Å². The van der Waals surface area contributed by atoms with Gasteiger partial charge in [-0.25, -0.2) is 0 Å². The van der Waals surface area contributed by atoms with Gasteiger partial charge in [0.25, 0.3) is 0 Å². The maximum Gasteiger partial charge on any atom is 0.164 e. The fourth-order valence-corrected chi connectivity index (χ4v) is 1.56. The highest BCUT2D eigenvalue weighted by molar-refractivity contribution is 5.13. The van der Waals surface area contributed by atoms with Crippen molar-refractivity contribution in [3.8, 4) is 0 Å². The van der Waals surface area contributed by atoms with E-state index >= 15 is 0 Å². The maximum absolute atomic E-state index is 9.34. The molecule has 2 aliphatic rings. The first-order valence-corrected chi connectivity index (χ1v) is 3.80. The van der Waals surface area contributed by atoms with E-state index in [9.17, 15) is 5.11 Å². The van der Waals surface area contributed by atoms with Crippen LogP contribution in [0.4, 0.5) is 0 Å². The Hall–Kier alpha value is -0.380. The lowest BCUT2D eigenvalue weighted by Crippen LogP contribution is -2.28. The normalized spacial score (nSPS) is 46.3. The molecule has 0 bridgehead atoms. The summed E-state index contributed by atoms with van der Waals surface area (Å²) >= 11 is 0. The molecule has 1 fully saturated rings. The van der Waals surface area contributed by atoms with Crippen molar-refractivity contribution in [2.45, 2.75) is 37.9 Å². The zero-order valence-corrected chi connectivity index (χ0v) is 6.65. The number of ether oxygens (including phenoxy) is 2. The van der Waals surface area contributed by atoms with E-state index < -0.39 is 11.9 Å². The molecule has 1 aliphatic heterocycles. The molecular formula is C8H12O3. The molecule has 2 unspecified atom stereocenters. The lowest BCUT2D eigenvalue weighted by Gasteiger charge is -2.18. The summed E-state index contributed by atoms with van der Waals surface area (Å²) in [7, 11) is 0. The van der Waals surface area contributed by atoms with Crippen molar-refractivity contribution in [2.75, 3.05) is 0 Å². The van der Waals surface area contributed by atoms with E-state index in [-0.39, 0.29) is 12.2 Å². The fourth-order valence-electron chi connectivity index (χ4n) is 1.56. The molecule has 1 heterocycles. The molecule has 0 radical (unpaired) electrons. The van der Waals surface area contributed by atoms with Gasteiger partial charge >= 0.3 is 0 Å². The number of aliphatic hydroxyl groups excluding tert-OH is 1. The van der Waals surface area contributed by atoms with Gasteiger partial charge in [-0.15, -0.1) is 0 Å². The largest absolute Gasteiger partial charge is 0.386 e. The third kappa shape index (κ3) is 1.09. The van der Waals surface area contributed by atoms with E-state index in [1.807, 2.05) is 19.9 Å². The second kappa shape index (κ2) is 2.06. The van der Waals surface area contributed by atoms with Gasteiger partial charge in [0.15, 0.2) is 5.79 Å². The highest BCUT2D eigenvalue weighted by Gasteiger charge is 2.45. The topological polar surface area (TPSA) is 38.7 Å². The minimum absolute atomic E-state index is 0.0556. The number of fused-ring (bicyclic) bond motifs is 1. The maximum atomic E-state index is 9.34. The van der Waals surface area contributed by atoms with E-state index in [4.69, 9.17) is 9.47 Å². The van der Waals surface area contributed by atoms with Crippen molar-refractivity contribution in [1.82, 2.24) is 0 Å². The molecule has 62 valence electrons. The van der Waals surface area contributed by atoms with Gasteiger partial charge in [-0.2, -0.15) is 0 Å². The Kier molecular flexibility index (Phi) is 1.36. The Morgan fingerprint density at radius 3 is 2.64 bits per heavy atom. The molecule has 0 aromatic rings. The Bertz CT molecular complexity index is 198. The summed E-state index contributed by atoms with van der Waals surface area (Å²) in [4.78, 5) is 0. The van der Waals surface area contributed by atoms with Crippen LogP contribution in [0, 0.1) is 0 Å². The zero-order valence-electron chi connectivity index (χ0n) is 6.65. The van der Waals surface area contributed by atoms with Crippen LogP contribution in [0.5, 0.6) is 0 Å². The van der Waals surface area contributed by atoms with Crippen molar-refractivity contribution in [2.24, 2.45) is 0 Å². The van der Waals surface area contributed by atoms with E-state index in [2.05, 4.69) is 0 Å².